The molecule has 1 saturated heterocycles. The molecule has 0 amide bonds. The molecule has 2 aliphatic rings. The second-order valence-electron chi connectivity index (χ2n) is 6.59. The van der Waals surface area contributed by atoms with Gasteiger partial charge in [0.25, 0.3) is 0 Å². The van der Waals surface area contributed by atoms with Gasteiger partial charge in [-0.3, -0.25) is 4.98 Å². The molecule has 8 nitrogen and oxygen atoms in total. The predicted octanol–water partition coefficient (Wildman–Crippen LogP) is 0.861. The standard InChI is InChI=1S/C15H22N2O6S2/c1-24(18,19)17-25(20,21)11-12-2-3-14(16-10-12)13-4-6-15(7-5-13)22-8-9-23-15/h2-3,10,13,17H,4-9,11H2,1H3. The SMILES string of the molecule is CS(=O)(=O)NS(=O)(=O)Cc1ccc(C2CCC3(CC2)OCCO3)nc1. The van der Waals surface area contributed by atoms with Crippen LogP contribution in [0, 0.1) is 0 Å². The lowest BCUT2D eigenvalue weighted by Crippen LogP contribution is -2.34. The number of rotatable bonds is 5. The van der Waals surface area contributed by atoms with Gasteiger partial charge >= 0.3 is 0 Å². The summed E-state index contributed by atoms with van der Waals surface area (Å²) >= 11 is 0. The highest BCUT2D eigenvalue weighted by Gasteiger charge is 2.40. The molecule has 1 N–H and O–H groups in total. The van der Waals surface area contributed by atoms with Gasteiger partial charge in [-0.15, -0.1) is 4.13 Å². The van der Waals surface area contributed by atoms with Crippen molar-refractivity contribution in [1.29, 1.82) is 0 Å². The molecule has 0 atom stereocenters. The summed E-state index contributed by atoms with van der Waals surface area (Å²) in [5.74, 6) is -0.553. The van der Waals surface area contributed by atoms with Crippen molar-refractivity contribution in [3.63, 3.8) is 0 Å². The van der Waals surface area contributed by atoms with Crippen LogP contribution >= 0.6 is 0 Å². The Morgan fingerprint density at radius 1 is 1.16 bits per heavy atom. The number of nitrogens with zero attached hydrogens (tertiary/aromatic N) is 1. The number of aromatic nitrogens is 1. The van der Waals surface area contributed by atoms with Crippen molar-refractivity contribution in [2.75, 3.05) is 19.5 Å². The lowest BCUT2D eigenvalue weighted by molar-refractivity contribution is -0.178. The van der Waals surface area contributed by atoms with Gasteiger partial charge in [0, 0.05) is 30.7 Å². The van der Waals surface area contributed by atoms with E-state index in [1.165, 1.54) is 6.20 Å². The predicted molar refractivity (Wildman–Crippen MR) is 90.7 cm³/mol. The van der Waals surface area contributed by atoms with E-state index < -0.39 is 31.6 Å². The zero-order valence-corrected chi connectivity index (χ0v) is 15.6. The van der Waals surface area contributed by atoms with Crippen molar-refractivity contribution in [1.82, 2.24) is 9.11 Å². The molecule has 2 fully saturated rings. The van der Waals surface area contributed by atoms with Crippen LogP contribution in [0.1, 0.15) is 42.9 Å². The normalized spacial score (nSPS) is 21.6. The Hall–Kier alpha value is -1.07. The van der Waals surface area contributed by atoms with Crippen LogP contribution in [-0.4, -0.2) is 47.1 Å². The fraction of sp³-hybridized carbons (Fsp3) is 0.667. The van der Waals surface area contributed by atoms with E-state index in [2.05, 4.69) is 4.98 Å². The van der Waals surface area contributed by atoms with Crippen molar-refractivity contribution >= 4 is 20.0 Å². The van der Waals surface area contributed by atoms with Crippen molar-refractivity contribution in [3.8, 4) is 0 Å². The fourth-order valence-electron chi connectivity index (χ4n) is 3.38. The second-order valence-corrected chi connectivity index (χ2v) is 10.3. The second kappa shape index (κ2) is 6.92. The molecule has 1 spiro atoms. The summed E-state index contributed by atoms with van der Waals surface area (Å²) in [6.07, 6.45) is 5.76. The molecule has 3 rings (SSSR count). The molecule has 140 valence electrons. The molecular formula is C15H22N2O6S2. The lowest BCUT2D eigenvalue weighted by atomic mass is 9.83. The summed E-state index contributed by atoms with van der Waals surface area (Å²) < 4.78 is 58.8. The van der Waals surface area contributed by atoms with Crippen LogP contribution in [0.15, 0.2) is 18.3 Å². The van der Waals surface area contributed by atoms with Crippen LogP contribution in [0.25, 0.3) is 0 Å². The average Bonchev–Trinajstić information content (AvgIpc) is 2.94. The first-order valence-corrected chi connectivity index (χ1v) is 11.6. The summed E-state index contributed by atoms with van der Waals surface area (Å²) in [6, 6.07) is 3.49. The highest BCUT2D eigenvalue weighted by molar-refractivity contribution is 8.04. The monoisotopic (exact) mass is 390 g/mol. The van der Waals surface area contributed by atoms with Crippen molar-refractivity contribution in [3.05, 3.63) is 29.6 Å². The third-order valence-corrected chi connectivity index (χ3v) is 7.40. The maximum Gasteiger partial charge on any atom is 0.228 e. The van der Waals surface area contributed by atoms with E-state index in [-0.39, 0.29) is 0 Å². The van der Waals surface area contributed by atoms with Crippen molar-refractivity contribution < 1.29 is 26.3 Å². The van der Waals surface area contributed by atoms with Crippen LogP contribution < -0.4 is 4.13 Å². The summed E-state index contributed by atoms with van der Waals surface area (Å²) in [4.78, 5) is 4.37. The molecule has 1 aliphatic heterocycles. The Bertz CT molecular complexity index is 804. The molecular weight excluding hydrogens is 368 g/mol. The number of nitrogens with one attached hydrogen (secondary N) is 1. The first-order chi connectivity index (χ1) is 11.7. The Balaban J connectivity index is 1.61. The molecule has 1 aromatic rings. The first-order valence-electron chi connectivity index (χ1n) is 8.10. The number of sulfonamides is 2. The van der Waals surface area contributed by atoms with Crippen LogP contribution in [0.4, 0.5) is 0 Å². The molecule has 0 unspecified atom stereocenters. The minimum Gasteiger partial charge on any atom is -0.348 e. The zero-order valence-electron chi connectivity index (χ0n) is 14.0. The van der Waals surface area contributed by atoms with E-state index >= 15 is 0 Å². The van der Waals surface area contributed by atoms with E-state index in [0.29, 0.717) is 24.7 Å². The highest BCUT2D eigenvalue weighted by atomic mass is 32.3. The number of hydrogen-bond acceptors (Lipinski definition) is 7. The van der Waals surface area contributed by atoms with Gasteiger partial charge in [-0.1, -0.05) is 6.07 Å². The third-order valence-electron chi connectivity index (χ3n) is 4.46. The van der Waals surface area contributed by atoms with E-state index in [4.69, 9.17) is 9.47 Å². The van der Waals surface area contributed by atoms with E-state index in [9.17, 15) is 16.8 Å². The Morgan fingerprint density at radius 2 is 1.80 bits per heavy atom. The first kappa shape index (κ1) is 18.7. The molecule has 1 aliphatic carbocycles. The van der Waals surface area contributed by atoms with Crippen LogP contribution in [-0.2, 0) is 35.3 Å². The van der Waals surface area contributed by atoms with Crippen LogP contribution in [0.2, 0.25) is 0 Å². The highest BCUT2D eigenvalue weighted by Crippen LogP contribution is 2.41. The fourth-order valence-corrected chi connectivity index (χ4v) is 6.07. The maximum absolute atomic E-state index is 11.8. The van der Waals surface area contributed by atoms with E-state index in [1.54, 1.807) is 10.2 Å². The minimum absolute atomic E-state index is 0.290. The molecule has 1 saturated carbocycles. The van der Waals surface area contributed by atoms with E-state index in [0.717, 1.165) is 37.6 Å². The molecule has 10 heteroatoms. The summed E-state index contributed by atoms with van der Waals surface area (Å²) in [5.41, 5.74) is 1.35. The Morgan fingerprint density at radius 3 is 2.32 bits per heavy atom. The number of pyridine rings is 1. The molecule has 0 radical (unpaired) electrons. The topological polar surface area (TPSA) is 112 Å². The van der Waals surface area contributed by atoms with Crippen LogP contribution in [0.5, 0.6) is 0 Å². The average molecular weight is 390 g/mol. The molecule has 1 aromatic heterocycles. The van der Waals surface area contributed by atoms with Gasteiger partial charge in [-0.2, -0.15) is 0 Å². The summed E-state index contributed by atoms with van der Waals surface area (Å²) in [5, 5.41) is 0. The molecule has 2 heterocycles. The van der Waals surface area contributed by atoms with Gasteiger partial charge in [0.05, 0.1) is 25.2 Å². The van der Waals surface area contributed by atoms with E-state index in [1.807, 2.05) is 6.07 Å². The minimum atomic E-state index is -3.96. The Kier molecular flexibility index (Phi) is 5.18. The lowest BCUT2D eigenvalue weighted by Gasteiger charge is -2.35. The zero-order chi connectivity index (χ0) is 18.1. The Labute approximate surface area is 148 Å². The quantitative estimate of drug-likeness (QED) is 0.793. The van der Waals surface area contributed by atoms with Gasteiger partial charge in [0.1, 0.15) is 0 Å². The summed E-state index contributed by atoms with van der Waals surface area (Å²) in [6.45, 7) is 1.29. The smallest absolute Gasteiger partial charge is 0.228 e. The van der Waals surface area contributed by atoms with Crippen molar-refractivity contribution in [2.45, 2.75) is 43.1 Å². The third kappa shape index (κ3) is 4.98. The van der Waals surface area contributed by atoms with Gasteiger partial charge in [0.2, 0.25) is 20.0 Å². The van der Waals surface area contributed by atoms with Crippen LogP contribution in [0.3, 0.4) is 0 Å². The van der Waals surface area contributed by atoms with Gasteiger partial charge in [0.15, 0.2) is 5.79 Å². The molecule has 0 bridgehead atoms. The molecule has 25 heavy (non-hydrogen) atoms. The number of ether oxygens (including phenoxy) is 2. The van der Waals surface area contributed by atoms with Gasteiger partial charge in [-0.25, -0.2) is 16.8 Å². The number of hydrogen-bond donors (Lipinski definition) is 1. The summed E-state index contributed by atoms with van der Waals surface area (Å²) in [7, 11) is -7.78. The largest absolute Gasteiger partial charge is 0.348 e. The molecule has 0 aromatic carbocycles. The van der Waals surface area contributed by atoms with Gasteiger partial charge < -0.3 is 9.47 Å². The van der Waals surface area contributed by atoms with Crippen molar-refractivity contribution in [2.24, 2.45) is 0 Å². The van der Waals surface area contributed by atoms with Gasteiger partial charge in [-0.05, 0) is 24.5 Å². The maximum atomic E-state index is 11.8.